The number of halogens is 1. The second-order valence-electron chi connectivity index (χ2n) is 7.92. The molecule has 0 atom stereocenters. The molecular weight excluding hydrogens is 379 g/mol. The normalized spacial score (nSPS) is 13.7. The lowest BCUT2D eigenvalue weighted by molar-refractivity contribution is 0.368. The molecule has 0 bridgehead atoms. The predicted octanol–water partition coefficient (Wildman–Crippen LogP) is 4.75. The van der Waals surface area contributed by atoms with Crippen LogP contribution in [0.1, 0.15) is 46.7 Å². The largest absolute Gasteiger partial charge is 0.479 e. The van der Waals surface area contributed by atoms with E-state index in [2.05, 4.69) is 32.1 Å². The lowest BCUT2D eigenvalue weighted by atomic mass is 10.0. The van der Waals surface area contributed by atoms with Crippen LogP contribution < -0.4 is 4.74 Å². The summed E-state index contributed by atoms with van der Waals surface area (Å²) in [5, 5.41) is 1.21. The lowest BCUT2D eigenvalue weighted by Crippen LogP contribution is -1.99. The Labute approximate surface area is 174 Å². The molecule has 152 valence electrons. The fourth-order valence-corrected chi connectivity index (χ4v) is 3.81. The summed E-state index contributed by atoms with van der Waals surface area (Å²) >= 11 is 0. The Kier molecular flexibility index (Phi) is 4.91. The Morgan fingerprint density at radius 3 is 2.63 bits per heavy atom. The molecule has 5 nitrogen and oxygen atoms in total. The molecule has 30 heavy (non-hydrogen) atoms. The molecule has 5 rings (SSSR count). The van der Waals surface area contributed by atoms with Crippen LogP contribution in [0.4, 0.5) is 4.39 Å². The molecule has 1 fully saturated rings. The number of H-pyrrole nitrogens is 1. The van der Waals surface area contributed by atoms with E-state index < -0.39 is 5.82 Å². The number of nitrogens with one attached hydrogen (secondary N) is 1. The third kappa shape index (κ3) is 3.90. The van der Waals surface area contributed by atoms with Crippen molar-refractivity contribution in [2.24, 2.45) is 0 Å². The van der Waals surface area contributed by atoms with Gasteiger partial charge in [-0.3, -0.25) is 4.98 Å². The van der Waals surface area contributed by atoms with Gasteiger partial charge < -0.3 is 9.72 Å². The molecule has 4 aromatic rings. The molecule has 0 amide bonds. The number of nitrogens with zero attached hydrogens (tertiary/aromatic N) is 3. The minimum absolute atomic E-state index is 0.0259. The average molecular weight is 402 g/mol. The van der Waals surface area contributed by atoms with Gasteiger partial charge in [0.05, 0.1) is 7.11 Å². The van der Waals surface area contributed by atoms with Crippen LogP contribution in [0.2, 0.25) is 0 Å². The standard InChI is InChI=1S/C24H23FN4O/c1-30-24-22(25)9-16(12-29-24)3-7-20-6-2-15(11-26-20)8-19-14-28-23-21(19)10-18(13-27-23)17-4-5-17/h2,6,9-14,17H,3-5,7-8H2,1H3,(H,27,28). The second kappa shape index (κ2) is 7.86. The fraction of sp³-hybridized carbons (Fsp3) is 0.292. The summed E-state index contributed by atoms with van der Waals surface area (Å²) in [7, 11) is 1.41. The molecule has 0 unspecified atom stereocenters. The van der Waals surface area contributed by atoms with E-state index in [0.717, 1.165) is 35.3 Å². The van der Waals surface area contributed by atoms with Gasteiger partial charge in [-0.05, 0) is 72.1 Å². The first-order valence-corrected chi connectivity index (χ1v) is 10.3. The van der Waals surface area contributed by atoms with Crippen LogP contribution in [0.25, 0.3) is 11.0 Å². The first kappa shape index (κ1) is 18.7. The topological polar surface area (TPSA) is 63.7 Å². The van der Waals surface area contributed by atoms with Crippen LogP contribution in [0, 0.1) is 5.82 Å². The lowest BCUT2D eigenvalue weighted by Gasteiger charge is -2.06. The number of hydrogen-bond acceptors (Lipinski definition) is 4. The number of aryl methyl sites for hydroxylation is 2. The van der Waals surface area contributed by atoms with Crippen molar-refractivity contribution in [3.63, 3.8) is 0 Å². The van der Waals surface area contributed by atoms with Gasteiger partial charge in [0.15, 0.2) is 5.82 Å². The van der Waals surface area contributed by atoms with Gasteiger partial charge >= 0.3 is 0 Å². The Morgan fingerprint density at radius 1 is 1.03 bits per heavy atom. The van der Waals surface area contributed by atoms with E-state index in [1.807, 2.05) is 24.7 Å². The van der Waals surface area contributed by atoms with E-state index in [1.54, 1.807) is 6.20 Å². The van der Waals surface area contributed by atoms with Gasteiger partial charge in [0.25, 0.3) is 0 Å². The zero-order chi connectivity index (χ0) is 20.5. The number of pyridine rings is 3. The van der Waals surface area contributed by atoms with E-state index in [4.69, 9.17) is 4.74 Å². The molecule has 0 saturated heterocycles. The van der Waals surface area contributed by atoms with Crippen LogP contribution in [0.15, 0.2) is 49.1 Å². The Morgan fingerprint density at radius 2 is 1.90 bits per heavy atom. The molecule has 0 spiro atoms. The van der Waals surface area contributed by atoms with Crippen molar-refractivity contribution < 1.29 is 9.13 Å². The van der Waals surface area contributed by atoms with Gasteiger partial charge in [-0.15, -0.1) is 0 Å². The highest BCUT2D eigenvalue weighted by atomic mass is 19.1. The molecule has 1 N–H and O–H groups in total. The maximum absolute atomic E-state index is 13.8. The van der Waals surface area contributed by atoms with Gasteiger partial charge in [-0.2, -0.15) is 0 Å². The average Bonchev–Trinajstić information content (AvgIpc) is 3.55. The van der Waals surface area contributed by atoms with E-state index in [1.165, 1.54) is 42.5 Å². The zero-order valence-electron chi connectivity index (χ0n) is 16.9. The smallest absolute Gasteiger partial charge is 0.250 e. The Balaban J connectivity index is 1.26. The summed E-state index contributed by atoms with van der Waals surface area (Å²) < 4.78 is 18.6. The van der Waals surface area contributed by atoms with Gasteiger partial charge in [-0.25, -0.2) is 14.4 Å². The summed E-state index contributed by atoms with van der Waals surface area (Å²) in [6.07, 6.45) is 12.4. The zero-order valence-corrected chi connectivity index (χ0v) is 16.9. The van der Waals surface area contributed by atoms with Gasteiger partial charge in [0.2, 0.25) is 5.88 Å². The van der Waals surface area contributed by atoms with Crippen LogP contribution in [0.3, 0.4) is 0 Å². The van der Waals surface area contributed by atoms with Crippen molar-refractivity contribution in [3.8, 4) is 5.88 Å². The monoisotopic (exact) mass is 402 g/mol. The number of fused-ring (bicyclic) bond motifs is 1. The van der Waals surface area contributed by atoms with Crippen LogP contribution in [0.5, 0.6) is 5.88 Å². The predicted molar refractivity (Wildman–Crippen MR) is 113 cm³/mol. The minimum Gasteiger partial charge on any atom is -0.479 e. The van der Waals surface area contributed by atoms with E-state index in [0.29, 0.717) is 12.3 Å². The van der Waals surface area contributed by atoms with Crippen molar-refractivity contribution in [2.45, 2.75) is 38.0 Å². The Hall–Kier alpha value is -3.28. The van der Waals surface area contributed by atoms with Crippen LogP contribution in [-0.2, 0) is 19.3 Å². The molecule has 6 heteroatoms. The molecule has 1 aliphatic carbocycles. The van der Waals surface area contributed by atoms with E-state index in [-0.39, 0.29) is 5.88 Å². The van der Waals surface area contributed by atoms with Crippen molar-refractivity contribution in [1.29, 1.82) is 0 Å². The van der Waals surface area contributed by atoms with Crippen LogP contribution in [-0.4, -0.2) is 27.0 Å². The molecule has 0 aromatic carbocycles. The van der Waals surface area contributed by atoms with Crippen molar-refractivity contribution >= 4 is 11.0 Å². The summed E-state index contributed by atoms with van der Waals surface area (Å²) in [4.78, 5) is 16.4. The molecule has 0 radical (unpaired) electrons. The van der Waals surface area contributed by atoms with Gasteiger partial charge in [0.1, 0.15) is 5.65 Å². The highest BCUT2D eigenvalue weighted by Gasteiger charge is 2.24. The number of aromatic nitrogens is 4. The molecule has 1 saturated carbocycles. The maximum atomic E-state index is 13.8. The molecular formula is C24H23FN4O. The second-order valence-corrected chi connectivity index (χ2v) is 7.92. The maximum Gasteiger partial charge on any atom is 0.250 e. The molecule has 1 aliphatic rings. The number of rotatable bonds is 7. The van der Waals surface area contributed by atoms with Crippen LogP contribution >= 0.6 is 0 Å². The summed E-state index contributed by atoms with van der Waals surface area (Å²) in [5.41, 5.74) is 6.51. The number of aromatic amines is 1. The minimum atomic E-state index is -0.434. The highest BCUT2D eigenvalue weighted by Crippen LogP contribution is 2.40. The first-order valence-electron chi connectivity index (χ1n) is 10.3. The quantitative estimate of drug-likeness (QED) is 0.484. The third-order valence-electron chi connectivity index (χ3n) is 5.69. The summed E-state index contributed by atoms with van der Waals surface area (Å²) in [5.74, 6) is 0.286. The molecule has 4 heterocycles. The Bertz CT molecular complexity index is 1180. The van der Waals surface area contributed by atoms with Gasteiger partial charge in [-0.1, -0.05) is 6.07 Å². The number of ether oxygens (including phenoxy) is 1. The number of hydrogen-bond donors (Lipinski definition) is 1. The molecule has 0 aliphatic heterocycles. The van der Waals surface area contributed by atoms with Gasteiger partial charge in [0, 0.05) is 42.3 Å². The first-order chi connectivity index (χ1) is 14.7. The van der Waals surface area contributed by atoms with E-state index >= 15 is 0 Å². The van der Waals surface area contributed by atoms with Crippen molar-refractivity contribution in [1.82, 2.24) is 19.9 Å². The fourth-order valence-electron chi connectivity index (χ4n) is 3.81. The van der Waals surface area contributed by atoms with Crippen molar-refractivity contribution in [2.75, 3.05) is 7.11 Å². The summed E-state index contributed by atoms with van der Waals surface area (Å²) in [6.45, 7) is 0. The van der Waals surface area contributed by atoms with Crippen molar-refractivity contribution in [3.05, 3.63) is 82.8 Å². The number of methoxy groups -OCH3 is 1. The SMILES string of the molecule is COc1ncc(CCc2ccc(Cc3c[nH]c4ncc(C5CC5)cc34)cn2)cc1F. The highest BCUT2D eigenvalue weighted by molar-refractivity contribution is 5.80. The molecule has 4 aromatic heterocycles. The summed E-state index contributed by atoms with van der Waals surface area (Å²) in [6, 6.07) is 7.92. The van der Waals surface area contributed by atoms with E-state index in [9.17, 15) is 4.39 Å². The third-order valence-corrected chi connectivity index (χ3v) is 5.69.